The number of guanidine groups is 1. The van der Waals surface area contributed by atoms with E-state index in [2.05, 4.69) is 50.2 Å². The molecule has 1 heterocycles. The lowest BCUT2D eigenvalue weighted by Crippen LogP contribution is -2.65. The summed E-state index contributed by atoms with van der Waals surface area (Å²) >= 11 is 0. The zero-order chi connectivity index (χ0) is 29.8. The molecule has 1 saturated heterocycles. The highest BCUT2D eigenvalue weighted by Crippen LogP contribution is 2.65. The van der Waals surface area contributed by atoms with E-state index in [9.17, 15) is 24.5 Å². The summed E-state index contributed by atoms with van der Waals surface area (Å²) in [6.07, 6.45) is 3.27. The first-order chi connectivity index (χ1) is 18.6. The SMILES string of the molecule is CC(=O)NCC(=O)C[C@@H](CCCN=C(N)N[N+](=O)[O-])C(=O)N[C@@H](CC(C)C)B1O[C@@H]2C[C@H]3C[C@H](C3(C)C)[C@]2(C)O1. The highest BCUT2D eigenvalue weighted by molar-refractivity contribution is 6.47. The van der Waals surface area contributed by atoms with E-state index in [4.69, 9.17) is 15.0 Å². The summed E-state index contributed by atoms with van der Waals surface area (Å²) in [6.45, 7) is 12.2. The van der Waals surface area contributed by atoms with Gasteiger partial charge in [-0.15, -0.1) is 0 Å². The molecule has 0 unspecified atom stereocenters. The van der Waals surface area contributed by atoms with Gasteiger partial charge in [0, 0.05) is 25.8 Å². The molecule has 6 atom stereocenters. The molecule has 0 aromatic carbocycles. The van der Waals surface area contributed by atoms with Crippen molar-refractivity contribution in [2.24, 2.45) is 39.8 Å². The molecule has 1 aliphatic heterocycles. The van der Waals surface area contributed by atoms with Crippen molar-refractivity contribution in [3.05, 3.63) is 10.1 Å². The van der Waals surface area contributed by atoms with E-state index in [1.165, 1.54) is 6.92 Å². The number of hydrogen-bond acceptors (Lipinski definition) is 8. The molecule has 14 heteroatoms. The molecule has 13 nitrogen and oxygen atoms in total. The number of Topliss-reactive ketones (excluding diaryl/α,β-unsaturated/α-hetero) is 1. The van der Waals surface area contributed by atoms with Crippen LogP contribution in [0.2, 0.25) is 0 Å². The van der Waals surface area contributed by atoms with Gasteiger partial charge in [0.1, 0.15) is 0 Å². The summed E-state index contributed by atoms with van der Waals surface area (Å²) in [6, 6.07) is 0. The van der Waals surface area contributed by atoms with E-state index < -0.39 is 29.6 Å². The molecule has 4 aliphatic rings. The van der Waals surface area contributed by atoms with Gasteiger partial charge in [0.25, 0.3) is 5.96 Å². The number of carbonyl (C=O) groups is 3. The van der Waals surface area contributed by atoms with Crippen molar-refractivity contribution in [2.45, 2.75) is 97.7 Å². The Labute approximate surface area is 236 Å². The Morgan fingerprint density at radius 3 is 2.52 bits per heavy atom. The van der Waals surface area contributed by atoms with E-state index in [-0.39, 0.29) is 60.5 Å². The quantitative estimate of drug-likeness (QED) is 0.0603. The van der Waals surface area contributed by atoms with Crippen molar-refractivity contribution in [2.75, 3.05) is 13.1 Å². The maximum absolute atomic E-state index is 13.6. The van der Waals surface area contributed by atoms with Gasteiger partial charge in [-0.3, -0.25) is 14.4 Å². The lowest BCUT2D eigenvalue weighted by atomic mass is 9.43. The van der Waals surface area contributed by atoms with Gasteiger partial charge in [-0.05, 0) is 62.2 Å². The summed E-state index contributed by atoms with van der Waals surface area (Å²) in [5.74, 6) is -1.10. The molecule has 0 spiro atoms. The summed E-state index contributed by atoms with van der Waals surface area (Å²) in [4.78, 5) is 51.8. The van der Waals surface area contributed by atoms with Gasteiger partial charge in [0.2, 0.25) is 11.8 Å². The molecule has 3 saturated carbocycles. The van der Waals surface area contributed by atoms with Crippen LogP contribution in [0.5, 0.6) is 0 Å². The predicted molar refractivity (Wildman–Crippen MR) is 149 cm³/mol. The third kappa shape index (κ3) is 7.51. The third-order valence-corrected chi connectivity index (χ3v) is 8.93. The lowest BCUT2D eigenvalue weighted by molar-refractivity contribution is -0.525. The number of nitro groups is 1. The maximum atomic E-state index is 13.6. The number of amides is 2. The van der Waals surface area contributed by atoms with E-state index in [1.807, 2.05) is 0 Å². The van der Waals surface area contributed by atoms with Crippen molar-refractivity contribution in [1.82, 2.24) is 16.1 Å². The highest BCUT2D eigenvalue weighted by atomic mass is 16.7. The van der Waals surface area contributed by atoms with E-state index in [0.29, 0.717) is 31.1 Å². The number of hydrazine groups is 1. The van der Waals surface area contributed by atoms with Crippen molar-refractivity contribution in [3.8, 4) is 0 Å². The second kappa shape index (κ2) is 12.8. The first kappa shape index (κ1) is 31.8. The number of nitrogens with zero attached hydrogens (tertiary/aromatic N) is 2. The first-order valence-corrected chi connectivity index (χ1v) is 14.2. The maximum Gasteiger partial charge on any atom is 0.481 e. The number of aliphatic imine (C=N–C) groups is 1. The monoisotopic (exact) mass is 564 g/mol. The van der Waals surface area contributed by atoms with Crippen molar-refractivity contribution >= 4 is 30.7 Å². The molecular formula is C26H45BN6O7. The molecule has 0 aromatic rings. The van der Waals surface area contributed by atoms with Gasteiger partial charge in [-0.2, -0.15) is 0 Å². The highest BCUT2D eigenvalue weighted by Gasteiger charge is 2.68. The summed E-state index contributed by atoms with van der Waals surface area (Å²) < 4.78 is 13.1. The Morgan fingerprint density at radius 1 is 1.23 bits per heavy atom. The number of hydrogen-bond donors (Lipinski definition) is 4. The second-order valence-electron chi connectivity index (χ2n) is 12.7. The molecule has 4 fully saturated rings. The third-order valence-electron chi connectivity index (χ3n) is 8.93. The van der Waals surface area contributed by atoms with Crippen LogP contribution < -0.4 is 21.8 Å². The summed E-state index contributed by atoms with van der Waals surface area (Å²) in [5, 5.41) is 15.3. The van der Waals surface area contributed by atoms with E-state index in [0.717, 1.165) is 12.8 Å². The molecule has 4 rings (SSSR count). The fourth-order valence-electron chi connectivity index (χ4n) is 6.68. The van der Waals surface area contributed by atoms with Crippen LogP contribution >= 0.6 is 0 Å². The second-order valence-corrected chi connectivity index (χ2v) is 12.7. The minimum absolute atomic E-state index is 0.0213. The van der Waals surface area contributed by atoms with Gasteiger partial charge in [-0.25, -0.2) is 15.1 Å². The minimum atomic E-state index is -0.807. The van der Waals surface area contributed by atoms with Crippen molar-refractivity contribution in [1.29, 1.82) is 0 Å². The van der Waals surface area contributed by atoms with Gasteiger partial charge in [-0.1, -0.05) is 33.1 Å². The van der Waals surface area contributed by atoms with Gasteiger partial charge >= 0.3 is 7.12 Å². The first-order valence-electron chi connectivity index (χ1n) is 14.2. The Morgan fingerprint density at radius 2 is 1.93 bits per heavy atom. The van der Waals surface area contributed by atoms with Crippen LogP contribution in [0, 0.1) is 39.2 Å². The van der Waals surface area contributed by atoms with Crippen molar-refractivity contribution in [3.63, 3.8) is 0 Å². The number of nitrogens with two attached hydrogens (primary N) is 1. The average Bonchev–Trinajstić information content (AvgIpc) is 3.20. The molecule has 3 aliphatic carbocycles. The van der Waals surface area contributed by atoms with Gasteiger partial charge in [0.05, 0.1) is 24.2 Å². The largest absolute Gasteiger partial charge is 0.481 e. The Bertz CT molecular complexity index is 1010. The molecular weight excluding hydrogens is 519 g/mol. The van der Waals surface area contributed by atoms with E-state index in [1.54, 1.807) is 5.43 Å². The van der Waals surface area contributed by atoms with Gasteiger partial charge in [0.15, 0.2) is 10.8 Å². The summed E-state index contributed by atoms with van der Waals surface area (Å²) in [7, 11) is -0.593. The minimum Gasteiger partial charge on any atom is -0.404 e. The van der Waals surface area contributed by atoms with Crippen LogP contribution in [0.25, 0.3) is 0 Å². The normalized spacial score (nSPS) is 28.2. The van der Waals surface area contributed by atoms with Gasteiger partial charge < -0.3 is 25.7 Å². The molecule has 2 amide bonds. The average molecular weight is 564 g/mol. The smallest absolute Gasteiger partial charge is 0.404 e. The standard InChI is InChI=1S/C26H45BN6O7/c1-15(2)10-22(27-39-21-13-18-12-20(25(18,4)5)26(21,6)40-27)31-23(36)17(11-19(35)14-30-16(3)34)8-7-9-29-24(28)32-33(37)38/h15,17-18,20-22H,7-14H2,1-6H3,(H,30,34)(H,31,36)(H3,28,29,32)/t17-,18-,20-,21-,22+,26+/m1/s1. The number of rotatable bonds is 14. The summed E-state index contributed by atoms with van der Waals surface area (Å²) in [5.41, 5.74) is 7.02. The molecule has 2 bridgehead atoms. The zero-order valence-corrected chi connectivity index (χ0v) is 24.5. The molecule has 224 valence electrons. The van der Waals surface area contributed by atoms with Crippen LogP contribution in [0.3, 0.4) is 0 Å². The fourth-order valence-corrected chi connectivity index (χ4v) is 6.68. The van der Waals surface area contributed by atoms with E-state index >= 15 is 0 Å². The topological polar surface area (TPSA) is 187 Å². The Hall–Kier alpha value is -2.74. The van der Waals surface area contributed by atoms with Crippen LogP contribution in [-0.2, 0) is 23.7 Å². The lowest BCUT2D eigenvalue weighted by Gasteiger charge is -2.64. The van der Waals surface area contributed by atoms with Crippen LogP contribution in [0.15, 0.2) is 4.99 Å². The number of ketones is 1. The van der Waals surface area contributed by atoms with Crippen LogP contribution in [0.4, 0.5) is 0 Å². The molecule has 0 aromatic heterocycles. The van der Waals surface area contributed by atoms with Crippen LogP contribution in [-0.4, -0.2) is 66.4 Å². The molecule has 40 heavy (non-hydrogen) atoms. The fraction of sp³-hybridized carbons (Fsp3) is 0.846. The predicted octanol–water partition coefficient (Wildman–Crippen LogP) is 1.37. The number of nitrogens with one attached hydrogen (secondary N) is 3. The molecule has 0 radical (unpaired) electrons. The van der Waals surface area contributed by atoms with Crippen LogP contribution in [0.1, 0.15) is 80.1 Å². The zero-order valence-electron chi connectivity index (χ0n) is 24.5. The Balaban J connectivity index is 1.69. The Kier molecular flexibility index (Phi) is 10.2. The molecule has 5 N–H and O–H groups in total. The van der Waals surface area contributed by atoms with Crippen molar-refractivity contribution < 1.29 is 28.7 Å². The number of carbonyl (C=O) groups excluding carboxylic acids is 3.